The maximum absolute atomic E-state index is 12.3. The highest BCUT2D eigenvalue weighted by Crippen LogP contribution is 2.31. The van der Waals surface area contributed by atoms with Gasteiger partial charge in [0.1, 0.15) is 10.8 Å². The van der Waals surface area contributed by atoms with E-state index in [1.54, 1.807) is 10.6 Å². The molecule has 26 heavy (non-hydrogen) atoms. The van der Waals surface area contributed by atoms with Crippen molar-refractivity contribution in [2.24, 2.45) is 0 Å². The second kappa shape index (κ2) is 7.02. The lowest BCUT2D eigenvalue weighted by atomic mass is 9.92. The van der Waals surface area contributed by atoms with Crippen LogP contribution in [-0.4, -0.2) is 24.0 Å². The fraction of sp³-hybridized carbons (Fsp3) is 0.412. The predicted molar refractivity (Wildman–Crippen MR) is 103 cm³/mol. The van der Waals surface area contributed by atoms with Crippen molar-refractivity contribution in [1.29, 1.82) is 0 Å². The highest BCUT2D eigenvalue weighted by Gasteiger charge is 2.26. The molecule has 140 valence electrons. The summed E-state index contributed by atoms with van der Waals surface area (Å²) in [5.74, 6) is 1.13. The molecule has 2 aromatic heterocycles. The molecule has 0 saturated carbocycles. The Labute approximate surface area is 159 Å². The second-order valence-electron chi connectivity index (χ2n) is 7.19. The van der Waals surface area contributed by atoms with Crippen LogP contribution in [0.1, 0.15) is 50.8 Å². The zero-order valence-electron chi connectivity index (χ0n) is 15.3. The van der Waals surface area contributed by atoms with Crippen molar-refractivity contribution in [2.45, 2.75) is 46.1 Å². The van der Waals surface area contributed by atoms with E-state index in [1.807, 2.05) is 32.0 Å². The minimum absolute atomic E-state index is 0.164. The van der Waals surface area contributed by atoms with Gasteiger partial charge in [-0.1, -0.05) is 50.6 Å². The molecule has 0 aliphatic rings. The number of rotatable bonds is 5. The number of aromatic amines is 1. The van der Waals surface area contributed by atoms with Crippen molar-refractivity contribution in [2.75, 3.05) is 0 Å². The molecule has 0 aliphatic carbocycles. The molecule has 2 unspecified atom stereocenters. The van der Waals surface area contributed by atoms with Crippen LogP contribution in [0.25, 0.3) is 5.65 Å². The molecule has 0 bridgehead atoms. The number of hydrogen-bond donors (Lipinski definition) is 2. The average molecular weight is 396 g/mol. The number of hydrogen-bond acceptors (Lipinski definition) is 4. The Balaban J connectivity index is 1.81. The van der Waals surface area contributed by atoms with E-state index in [2.05, 4.69) is 40.8 Å². The molecule has 1 aromatic carbocycles. The molecule has 3 aromatic rings. The maximum Gasteiger partial charge on any atom is 0.288 e. The summed E-state index contributed by atoms with van der Waals surface area (Å²) in [6.07, 6.45) is 0. The first-order valence-electron chi connectivity index (χ1n) is 8.23. The van der Waals surface area contributed by atoms with Gasteiger partial charge in [-0.15, -0.1) is 10.2 Å². The molecule has 3 rings (SSSR count). The molecule has 0 spiro atoms. The van der Waals surface area contributed by atoms with Gasteiger partial charge in [-0.05, 0) is 25.5 Å². The Bertz CT molecular complexity index is 960. The van der Waals surface area contributed by atoms with Crippen molar-refractivity contribution in [3.05, 3.63) is 46.4 Å². The summed E-state index contributed by atoms with van der Waals surface area (Å²) in [4.78, 5) is 0. The van der Waals surface area contributed by atoms with Crippen LogP contribution >= 0.6 is 11.6 Å². The topological polar surface area (TPSA) is 84.3 Å². The first-order valence-corrected chi connectivity index (χ1v) is 9.68. The second-order valence-corrected chi connectivity index (χ2v) is 8.44. The third kappa shape index (κ3) is 3.62. The SMILES string of the molecule is Cc1ccccc1OS(=O)NC(C)c1nnc2c(Cl)c(C(C)(C)C)[nH]n12. The quantitative estimate of drug-likeness (QED) is 0.690. The van der Waals surface area contributed by atoms with Crippen LogP contribution in [0.3, 0.4) is 0 Å². The van der Waals surface area contributed by atoms with Gasteiger partial charge in [0, 0.05) is 5.41 Å². The van der Waals surface area contributed by atoms with E-state index in [-0.39, 0.29) is 11.5 Å². The van der Waals surface area contributed by atoms with Crippen molar-refractivity contribution in [1.82, 2.24) is 24.5 Å². The van der Waals surface area contributed by atoms with Gasteiger partial charge in [0.25, 0.3) is 11.3 Å². The monoisotopic (exact) mass is 395 g/mol. The minimum atomic E-state index is -1.73. The smallest absolute Gasteiger partial charge is 0.288 e. The van der Waals surface area contributed by atoms with Gasteiger partial charge in [-0.3, -0.25) is 5.10 Å². The van der Waals surface area contributed by atoms with E-state index in [9.17, 15) is 4.21 Å². The van der Waals surface area contributed by atoms with E-state index < -0.39 is 11.3 Å². The first kappa shape index (κ1) is 18.9. The molecule has 0 amide bonds. The number of aromatic nitrogens is 4. The van der Waals surface area contributed by atoms with Gasteiger partial charge in [0.15, 0.2) is 11.5 Å². The average Bonchev–Trinajstić information content (AvgIpc) is 3.09. The Morgan fingerprint density at radius 3 is 2.65 bits per heavy atom. The molecule has 0 fully saturated rings. The number of aryl methyl sites for hydroxylation is 1. The summed E-state index contributed by atoms with van der Waals surface area (Å²) >= 11 is 4.70. The molecular weight excluding hydrogens is 374 g/mol. The van der Waals surface area contributed by atoms with Crippen LogP contribution in [0.4, 0.5) is 0 Å². The molecule has 9 heteroatoms. The third-order valence-corrected chi connectivity index (χ3v) is 5.23. The molecule has 7 nitrogen and oxygen atoms in total. The van der Waals surface area contributed by atoms with Crippen molar-refractivity contribution in [3.8, 4) is 5.75 Å². The number of nitrogens with one attached hydrogen (secondary N) is 2. The summed E-state index contributed by atoms with van der Waals surface area (Å²) in [7, 11) is 0. The van der Waals surface area contributed by atoms with Gasteiger partial charge < -0.3 is 4.18 Å². The van der Waals surface area contributed by atoms with Gasteiger partial charge in [0.2, 0.25) is 0 Å². The predicted octanol–water partition coefficient (Wildman–Crippen LogP) is 3.63. The largest absolute Gasteiger partial charge is 0.389 e. The summed E-state index contributed by atoms with van der Waals surface area (Å²) < 4.78 is 22.4. The highest BCUT2D eigenvalue weighted by molar-refractivity contribution is 7.78. The van der Waals surface area contributed by atoms with Crippen LogP contribution in [0, 0.1) is 6.92 Å². The molecule has 2 atom stereocenters. The Morgan fingerprint density at radius 2 is 2.00 bits per heavy atom. The van der Waals surface area contributed by atoms with Crippen LogP contribution in [0.2, 0.25) is 5.02 Å². The third-order valence-electron chi connectivity index (χ3n) is 4.00. The van der Waals surface area contributed by atoms with E-state index >= 15 is 0 Å². The summed E-state index contributed by atoms with van der Waals surface area (Å²) in [5, 5.41) is 12.1. The maximum atomic E-state index is 12.3. The lowest BCUT2D eigenvalue weighted by Gasteiger charge is -2.16. The Hall–Kier alpha value is -1.90. The molecule has 2 N–H and O–H groups in total. The summed E-state index contributed by atoms with van der Waals surface area (Å²) in [6, 6.07) is 7.02. The molecule has 2 heterocycles. The lowest BCUT2D eigenvalue weighted by Crippen LogP contribution is -2.26. The van der Waals surface area contributed by atoms with E-state index in [4.69, 9.17) is 15.8 Å². The van der Waals surface area contributed by atoms with Crippen LogP contribution in [0.5, 0.6) is 5.75 Å². The number of para-hydroxylation sites is 1. The van der Waals surface area contributed by atoms with Gasteiger partial charge >= 0.3 is 0 Å². The molecule has 0 saturated heterocycles. The summed E-state index contributed by atoms with van der Waals surface area (Å²) in [5.41, 5.74) is 2.16. The zero-order chi connectivity index (χ0) is 19.1. The fourth-order valence-corrected chi connectivity index (χ4v) is 3.79. The van der Waals surface area contributed by atoms with Crippen LogP contribution in [0.15, 0.2) is 24.3 Å². The standard InChI is InChI=1S/C17H22ClN5O2S/c1-10-8-6-7-9-12(10)25-26(24)22-11(2)15-19-20-16-13(18)14(17(3,4)5)21-23(15)16/h6-9,11,21-22H,1-5H3. The molecular formula is C17H22ClN5O2S. The Morgan fingerprint density at radius 1 is 1.31 bits per heavy atom. The van der Waals surface area contributed by atoms with E-state index in [0.29, 0.717) is 22.2 Å². The van der Waals surface area contributed by atoms with Gasteiger partial charge in [0.05, 0.1) is 11.7 Å². The molecule has 0 aliphatic heterocycles. The van der Waals surface area contributed by atoms with Crippen LogP contribution < -0.4 is 8.91 Å². The van der Waals surface area contributed by atoms with E-state index in [1.165, 1.54) is 0 Å². The van der Waals surface area contributed by atoms with E-state index in [0.717, 1.165) is 11.3 Å². The fourth-order valence-electron chi connectivity index (χ4n) is 2.55. The highest BCUT2D eigenvalue weighted by atomic mass is 35.5. The number of benzene rings is 1. The number of halogens is 1. The first-order chi connectivity index (χ1) is 12.2. The Kier molecular flexibility index (Phi) is 5.09. The van der Waals surface area contributed by atoms with Gasteiger partial charge in [-0.2, -0.15) is 8.93 Å². The summed E-state index contributed by atoms with van der Waals surface area (Å²) in [6.45, 7) is 9.91. The normalized spacial score (nSPS) is 14.5. The minimum Gasteiger partial charge on any atom is -0.389 e. The number of fused-ring (bicyclic) bond motifs is 1. The van der Waals surface area contributed by atoms with Crippen LogP contribution in [-0.2, 0) is 16.7 Å². The number of nitrogens with zero attached hydrogens (tertiary/aromatic N) is 3. The van der Waals surface area contributed by atoms with Crippen molar-refractivity contribution < 1.29 is 8.39 Å². The van der Waals surface area contributed by atoms with Gasteiger partial charge in [-0.25, -0.2) is 4.52 Å². The number of H-pyrrole nitrogens is 1. The zero-order valence-corrected chi connectivity index (χ0v) is 16.9. The van der Waals surface area contributed by atoms with Crippen molar-refractivity contribution in [3.63, 3.8) is 0 Å². The van der Waals surface area contributed by atoms with Crippen molar-refractivity contribution >= 4 is 28.5 Å². The molecule has 0 radical (unpaired) electrons. The lowest BCUT2D eigenvalue weighted by molar-refractivity contribution is 0.522.